The second kappa shape index (κ2) is 8.20. The maximum Gasteiger partial charge on any atom is 0.416 e. The molecule has 168 valence electrons. The van der Waals surface area contributed by atoms with Crippen molar-refractivity contribution in [1.29, 1.82) is 0 Å². The van der Waals surface area contributed by atoms with E-state index >= 15 is 0 Å². The summed E-state index contributed by atoms with van der Waals surface area (Å²) in [4.78, 5) is 27.4. The Morgan fingerprint density at radius 1 is 0.818 bits per heavy atom. The van der Waals surface area contributed by atoms with Crippen LogP contribution in [0.4, 0.5) is 28.9 Å². The Balaban J connectivity index is 1.79. The van der Waals surface area contributed by atoms with Crippen molar-refractivity contribution in [3.05, 3.63) is 100 Å². The summed E-state index contributed by atoms with van der Waals surface area (Å²) in [6, 6.07) is 14.3. The topological polar surface area (TPSA) is 49.4 Å². The molecule has 0 bridgehead atoms. The third-order valence-corrected chi connectivity index (χ3v) is 5.31. The van der Waals surface area contributed by atoms with Crippen LogP contribution >= 0.6 is 0 Å². The van der Waals surface area contributed by atoms with E-state index in [0.717, 1.165) is 52.4 Å². The summed E-state index contributed by atoms with van der Waals surface area (Å²) < 4.78 is 52.3. The van der Waals surface area contributed by atoms with E-state index < -0.39 is 29.4 Å². The van der Waals surface area contributed by atoms with Crippen molar-refractivity contribution in [2.45, 2.75) is 20.0 Å². The SMILES string of the molecule is Cc1ccc(NC2=C(c3ccc(F)cc3)C(=O)N(c3ccc(C(F)(F)F)cc3)C2=O)c(C)c1. The number of nitrogens with zero attached hydrogens (tertiary/aromatic N) is 1. The number of rotatable bonds is 4. The second-order valence-electron chi connectivity index (χ2n) is 7.69. The molecular weight excluding hydrogens is 436 g/mol. The number of carbonyl (C=O) groups excluding carboxylic acids is 2. The molecule has 1 N–H and O–H groups in total. The van der Waals surface area contributed by atoms with Crippen molar-refractivity contribution in [2.75, 3.05) is 10.2 Å². The van der Waals surface area contributed by atoms with Crippen molar-refractivity contribution < 1.29 is 27.2 Å². The Kier molecular flexibility index (Phi) is 5.53. The van der Waals surface area contributed by atoms with Crippen LogP contribution in [0.3, 0.4) is 0 Å². The van der Waals surface area contributed by atoms with Crippen molar-refractivity contribution in [3.63, 3.8) is 0 Å². The van der Waals surface area contributed by atoms with Gasteiger partial charge in [0, 0.05) is 5.69 Å². The molecular formula is C25H18F4N2O2. The number of imide groups is 1. The lowest BCUT2D eigenvalue weighted by Gasteiger charge is -2.17. The summed E-state index contributed by atoms with van der Waals surface area (Å²) in [5.41, 5.74) is 1.78. The number of hydrogen-bond donors (Lipinski definition) is 1. The van der Waals surface area contributed by atoms with Crippen molar-refractivity contribution in [1.82, 2.24) is 0 Å². The highest BCUT2D eigenvalue weighted by atomic mass is 19.4. The van der Waals surface area contributed by atoms with Crippen LogP contribution in [0.25, 0.3) is 5.57 Å². The number of amides is 2. The van der Waals surface area contributed by atoms with Gasteiger partial charge < -0.3 is 5.32 Å². The van der Waals surface area contributed by atoms with Gasteiger partial charge in [-0.25, -0.2) is 9.29 Å². The van der Waals surface area contributed by atoms with Gasteiger partial charge >= 0.3 is 6.18 Å². The largest absolute Gasteiger partial charge is 0.416 e. The molecule has 0 fully saturated rings. The van der Waals surface area contributed by atoms with Gasteiger partial charge in [-0.05, 0) is 67.4 Å². The molecule has 1 aliphatic heterocycles. The van der Waals surface area contributed by atoms with Crippen LogP contribution in [0.15, 0.2) is 72.4 Å². The predicted octanol–water partition coefficient (Wildman–Crippen LogP) is 5.86. The van der Waals surface area contributed by atoms with Crippen LogP contribution < -0.4 is 10.2 Å². The summed E-state index contributed by atoms with van der Waals surface area (Å²) in [7, 11) is 0. The highest BCUT2D eigenvalue weighted by Crippen LogP contribution is 2.36. The van der Waals surface area contributed by atoms with Gasteiger partial charge in [0.05, 0.1) is 16.8 Å². The van der Waals surface area contributed by atoms with Crippen molar-refractivity contribution in [3.8, 4) is 0 Å². The molecule has 1 aliphatic rings. The summed E-state index contributed by atoms with van der Waals surface area (Å²) in [6.07, 6.45) is -4.55. The first-order valence-corrected chi connectivity index (χ1v) is 9.97. The Morgan fingerprint density at radius 2 is 1.45 bits per heavy atom. The van der Waals surface area contributed by atoms with E-state index in [1.807, 2.05) is 26.0 Å². The third-order valence-electron chi connectivity index (χ3n) is 5.31. The van der Waals surface area contributed by atoms with Crippen LogP contribution in [0.5, 0.6) is 0 Å². The fraction of sp³-hybridized carbons (Fsp3) is 0.120. The summed E-state index contributed by atoms with van der Waals surface area (Å²) >= 11 is 0. The molecule has 0 spiro atoms. The Bertz CT molecular complexity index is 1280. The molecule has 0 aromatic heterocycles. The standard InChI is InChI=1S/C25H18F4N2O2/c1-14-3-12-20(15(2)13-14)30-22-21(16-4-8-18(26)9-5-16)23(32)31(24(22)33)19-10-6-17(7-11-19)25(27,28)29/h3-13,30H,1-2H3. The molecule has 4 nitrogen and oxygen atoms in total. The molecule has 0 saturated carbocycles. The predicted molar refractivity (Wildman–Crippen MR) is 117 cm³/mol. The van der Waals surface area contributed by atoms with E-state index in [2.05, 4.69) is 5.32 Å². The molecule has 4 rings (SSSR count). The van der Waals surface area contributed by atoms with Gasteiger partial charge in [-0.2, -0.15) is 13.2 Å². The van der Waals surface area contributed by atoms with E-state index in [1.165, 1.54) is 12.1 Å². The summed E-state index contributed by atoms with van der Waals surface area (Å²) in [5.74, 6) is -1.96. The lowest BCUT2D eigenvalue weighted by molar-refractivity contribution is -0.137. The lowest BCUT2D eigenvalue weighted by atomic mass is 10.0. The number of hydrogen-bond acceptors (Lipinski definition) is 3. The summed E-state index contributed by atoms with van der Waals surface area (Å²) in [6.45, 7) is 3.75. The molecule has 0 aliphatic carbocycles. The average molecular weight is 454 g/mol. The van der Waals surface area contributed by atoms with Crippen molar-refractivity contribution >= 4 is 28.8 Å². The van der Waals surface area contributed by atoms with Gasteiger partial charge in [-0.15, -0.1) is 0 Å². The Labute approximate surface area is 187 Å². The minimum atomic E-state index is -4.55. The number of nitrogens with one attached hydrogen (secondary N) is 1. The van der Waals surface area contributed by atoms with Gasteiger partial charge in [0.25, 0.3) is 11.8 Å². The van der Waals surface area contributed by atoms with Gasteiger partial charge in [0.2, 0.25) is 0 Å². The van der Waals surface area contributed by atoms with E-state index in [9.17, 15) is 27.2 Å². The molecule has 0 radical (unpaired) electrons. The minimum Gasteiger partial charge on any atom is -0.350 e. The highest BCUT2D eigenvalue weighted by molar-refractivity contribution is 6.46. The highest BCUT2D eigenvalue weighted by Gasteiger charge is 2.41. The molecule has 0 atom stereocenters. The van der Waals surface area contributed by atoms with Crippen LogP contribution in [0, 0.1) is 19.7 Å². The smallest absolute Gasteiger partial charge is 0.350 e. The third kappa shape index (κ3) is 4.24. The number of benzene rings is 3. The molecule has 33 heavy (non-hydrogen) atoms. The fourth-order valence-corrected chi connectivity index (χ4v) is 3.65. The zero-order valence-corrected chi connectivity index (χ0v) is 17.6. The van der Waals surface area contributed by atoms with Crippen LogP contribution in [0.1, 0.15) is 22.3 Å². The first-order valence-electron chi connectivity index (χ1n) is 9.97. The number of aryl methyl sites for hydroxylation is 2. The van der Waals surface area contributed by atoms with E-state index in [4.69, 9.17) is 0 Å². The fourth-order valence-electron chi connectivity index (χ4n) is 3.65. The zero-order chi connectivity index (χ0) is 23.9. The van der Waals surface area contributed by atoms with E-state index in [1.54, 1.807) is 6.07 Å². The molecule has 3 aromatic carbocycles. The van der Waals surface area contributed by atoms with Gasteiger partial charge in [-0.1, -0.05) is 29.8 Å². The normalized spacial score (nSPS) is 14.3. The Hall–Kier alpha value is -3.94. The number of alkyl halides is 3. The molecule has 1 heterocycles. The maximum atomic E-state index is 13.5. The average Bonchev–Trinajstić information content (AvgIpc) is 2.99. The zero-order valence-electron chi connectivity index (χ0n) is 17.6. The number of carbonyl (C=O) groups is 2. The second-order valence-corrected chi connectivity index (χ2v) is 7.69. The van der Waals surface area contributed by atoms with Gasteiger partial charge in [0.1, 0.15) is 11.5 Å². The minimum absolute atomic E-state index is 0.000118. The first-order chi connectivity index (χ1) is 15.6. The molecule has 0 saturated heterocycles. The monoisotopic (exact) mass is 454 g/mol. The lowest BCUT2D eigenvalue weighted by Crippen LogP contribution is -2.32. The van der Waals surface area contributed by atoms with Crippen molar-refractivity contribution in [2.24, 2.45) is 0 Å². The summed E-state index contributed by atoms with van der Waals surface area (Å²) in [5, 5.41) is 3.01. The number of anilines is 2. The van der Waals surface area contributed by atoms with Crippen LogP contribution in [0.2, 0.25) is 0 Å². The Morgan fingerprint density at radius 3 is 2.03 bits per heavy atom. The quantitative estimate of drug-likeness (QED) is 0.397. The molecule has 3 aromatic rings. The van der Waals surface area contributed by atoms with Gasteiger partial charge in [0.15, 0.2) is 0 Å². The number of halogens is 4. The molecule has 0 unspecified atom stereocenters. The molecule has 8 heteroatoms. The molecule has 2 amide bonds. The van der Waals surface area contributed by atoms with E-state index in [0.29, 0.717) is 11.3 Å². The van der Waals surface area contributed by atoms with Crippen LogP contribution in [-0.4, -0.2) is 11.8 Å². The van der Waals surface area contributed by atoms with Gasteiger partial charge in [-0.3, -0.25) is 9.59 Å². The van der Waals surface area contributed by atoms with Crippen LogP contribution in [-0.2, 0) is 15.8 Å². The van der Waals surface area contributed by atoms with E-state index in [-0.39, 0.29) is 17.0 Å². The maximum absolute atomic E-state index is 13.5. The first kappa shape index (κ1) is 22.3.